The lowest BCUT2D eigenvalue weighted by atomic mass is 9.89. The fourth-order valence-corrected chi connectivity index (χ4v) is 3.45. The lowest BCUT2D eigenvalue weighted by molar-refractivity contribution is 1.14. The number of allylic oxidation sites excluding steroid dienone is 4. The van der Waals surface area contributed by atoms with E-state index in [1.165, 1.54) is 38.9 Å². The Morgan fingerprint density at radius 1 is 0.852 bits per heavy atom. The third-order valence-corrected chi connectivity index (χ3v) is 4.98. The van der Waals surface area contributed by atoms with Gasteiger partial charge in [-0.15, -0.1) is 0 Å². The molecule has 0 spiro atoms. The van der Waals surface area contributed by atoms with E-state index in [-0.39, 0.29) is 0 Å². The van der Waals surface area contributed by atoms with Crippen LogP contribution in [0.15, 0.2) is 98.1 Å². The molecule has 3 aromatic rings. The van der Waals surface area contributed by atoms with Crippen LogP contribution in [0.3, 0.4) is 0 Å². The number of rotatable bonds is 6. The Morgan fingerprint density at radius 2 is 1.63 bits per heavy atom. The van der Waals surface area contributed by atoms with E-state index in [2.05, 4.69) is 93.7 Å². The van der Waals surface area contributed by atoms with Crippen LogP contribution in [0, 0.1) is 6.92 Å². The summed E-state index contributed by atoms with van der Waals surface area (Å²) in [6.45, 7) is 12.2. The first kappa shape index (κ1) is 18.7. The highest BCUT2D eigenvalue weighted by molar-refractivity contribution is 5.82. The number of hydrogen-bond donors (Lipinski definition) is 0. The Balaban J connectivity index is 2.19. The first-order valence-corrected chi connectivity index (χ1v) is 9.42. The molecule has 27 heavy (non-hydrogen) atoms. The minimum atomic E-state index is 0.999. The topological polar surface area (TPSA) is 0 Å². The van der Waals surface area contributed by atoms with Crippen molar-refractivity contribution in [3.8, 4) is 22.3 Å². The minimum absolute atomic E-state index is 0.999. The van der Waals surface area contributed by atoms with Gasteiger partial charge in [0, 0.05) is 0 Å². The van der Waals surface area contributed by atoms with E-state index in [0.29, 0.717) is 0 Å². The highest BCUT2D eigenvalue weighted by Crippen LogP contribution is 2.34. The van der Waals surface area contributed by atoms with Gasteiger partial charge >= 0.3 is 0 Å². The number of benzene rings is 3. The van der Waals surface area contributed by atoms with Crippen molar-refractivity contribution < 1.29 is 0 Å². The van der Waals surface area contributed by atoms with Crippen LogP contribution in [0.5, 0.6) is 0 Å². The molecule has 0 unspecified atom stereocenters. The van der Waals surface area contributed by atoms with Gasteiger partial charge in [0.1, 0.15) is 0 Å². The van der Waals surface area contributed by atoms with Crippen molar-refractivity contribution in [3.05, 3.63) is 115 Å². The normalized spacial score (nSPS) is 11.3. The quantitative estimate of drug-likeness (QED) is 0.400. The molecule has 0 heterocycles. The molecule has 0 N–H and O–H groups in total. The molecule has 0 nitrogen and oxygen atoms in total. The van der Waals surface area contributed by atoms with Crippen molar-refractivity contribution in [3.63, 3.8) is 0 Å². The van der Waals surface area contributed by atoms with Crippen LogP contribution in [0.25, 0.3) is 27.8 Å². The van der Waals surface area contributed by atoms with Gasteiger partial charge in [0.2, 0.25) is 0 Å². The summed E-state index contributed by atoms with van der Waals surface area (Å²) in [5, 5.41) is 0. The molecular weight excluding hydrogens is 324 g/mol. The zero-order chi connectivity index (χ0) is 19.2. The summed E-state index contributed by atoms with van der Waals surface area (Å²) in [5.41, 5.74) is 9.97. The second kappa shape index (κ2) is 8.51. The predicted molar refractivity (Wildman–Crippen MR) is 120 cm³/mol. The summed E-state index contributed by atoms with van der Waals surface area (Å²) in [5.74, 6) is 0. The molecule has 0 aromatic heterocycles. The maximum atomic E-state index is 3.96. The summed E-state index contributed by atoms with van der Waals surface area (Å²) < 4.78 is 0. The van der Waals surface area contributed by atoms with Gasteiger partial charge in [0.05, 0.1) is 0 Å². The van der Waals surface area contributed by atoms with E-state index in [4.69, 9.17) is 0 Å². The first-order chi connectivity index (χ1) is 13.2. The van der Waals surface area contributed by atoms with Gasteiger partial charge < -0.3 is 0 Å². The first-order valence-electron chi connectivity index (χ1n) is 9.42. The number of aryl methyl sites for hydroxylation is 2. The molecule has 0 aliphatic carbocycles. The largest absolute Gasteiger partial charge is 0.0990 e. The molecule has 0 heteroatoms. The Bertz CT molecular complexity index is 988. The molecule has 0 atom stereocenters. The molecule has 0 radical (unpaired) electrons. The fourth-order valence-electron chi connectivity index (χ4n) is 3.45. The summed E-state index contributed by atoms with van der Waals surface area (Å²) in [7, 11) is 0. The summed E-state index contributed by atoms with van der Waals surface area (Å²) in [4.78, 5) is 0. The maximum absolute atomic E-state index is 3.96. The summed E-state index contributed by atoms with van der Waals surface area (Å²) in [6.07, 6.45) is 6.70. The van der Waals surface area contributed by atoms with Crippen molar-refractivity contribution in [1.29, 1.82) is 0 Å². The lowest BCUT2D eigenvalue weighted by Gasteiger charge is -2.15. The van der Waals surface area contributed by atoms with Gasteiger partial charge in [-0.1, -0.05) is 92.9 Å². The van der Waals surface area contributed by atoms with Crippen LogP contribution in [-0.2, 0) is 6.42 Å². The van der Waals surface area contributed by atoms with Crippen LogP contribution in [0.2, 0.25) is 0 Å². The highest BCUT2D eigenvalue weighted by Gasteiger charge is 2.11. The standard InChI is InChI=1S/C27H26/c1-5-11-21(6-2)24-17-16-22(7-3)27(19-24)26-18-25(15-14-20(26)4)23-12-9-8-10-13-23/h5-6,8-19H,1-2,7H2,3-4H3/b21-11+. The van der Waals surface area contributed by atoms with Crippen LogP contribution >= 0.6 is 0 Å². The van der Waals surface area contributed by atoms with Crippen LogP contribution in [-0.4, -0.2) is 0 Å². The number of hydrogen-bond acceptors (Lipinski definition) is 0. The van der Waals surface area contributed by atoms with E-state index in [0.717, 1.165) is 12.0 Å². The van der Waals surface area contributed by atoms with Crippen molar-refractivity contribution in [1.82, 2.24) is 0 Å². The van der Waals surface area contributed by atoms with Crippen LogP contribution < -0.4 is 0 Å². The SMILES string of the molecule is C=C/C=C(\C=C)c1ccc(CC)c(-c2cc(-c3ccccc3)ccc2C)c1. The average Bonchev–Trinajstić information content (AvgIpc) is 2.72. The molecule has 0 aliphatic rings. The zero-order valence-corrected chi connectivity index (χ0v) is 16.2. The average molecular weight is 351 g/mol. The molecule has 0 saturated heterocycles. The van der Waals surface area contributed by atoms with E-state index in [1.807, 2.05) is 18.2 Å². The van der Waals surface area contributed by atoms with Gasteiger partial charge in [-0.3, -0.25) is 0 Å². The molecule has 0 bridgehead atoms. The van der Waals surface area contributed by atoms with Crippen LogP contribution in [0.4, 0.5) is 0 Å². The Hall–Kier alpha value is -3.12. The van der Waals surface area contributed by atoms with E-state index in [1.54, 1.807) is 0 Å². The third kappa shape index (κ3) is 4.01. The van der Waals surface area contributed by atoms with Gasteiger partial charge in [0.15, 0.2) is 0 Å². The van der Waals surface area contributed by atoms with Crippen molar-refractivity contribution >= 4 is 5.57 Å². The second-order valence-corrected chi connectivity index (χ2v) is 6.68. The van der Waals surface area contributed by atoms with Crippen LogP contribution in [0.1, 0.15) is 23.6 Å². The lowest BCUT2D eigenvalue weighted by Crippen LogP contribution is -1.94. The van der Waals surface area contributed by atoms with Crippen molar-refractivity contribution in [2.75, 3.05) is 0 Å². The molecule has 134 valence electrons. The summed E-state index contributed by atoms with van der Waals surface area (Å²) >= 11 is 0. The van der Waals surface area contributed by atoms with E-state index in [9.17, 15) is 0 Å². The maximum Gasteiger partial charge on any atom is -0.0143 e. The predicted octanol–water partition coefficient (Wildman–Crippen LogP) is 7.65. The highest BCUT2D eigenvalue weighted by atomic mass is 14.1. The van der Waals surface area contributed by atoms with Gasteiger partial charge in [-0.2, -0.15) is 0 Å². The molecular formula is C27H26. The molecule has 3 aromatic carbocycles. The second-order valence-electron chi connectivity index (χ2n) is 6.68. The van der Waals surface area contributed by atoms with Crippen molar-refractivity contribution in [2.24, 2.45) is 0 Å². The molecule has 0 fully saturated rings. The van der Waals surface area contributed by atoms with Gasteiger partial charge in [-0.05, 0) is 70.0 Å². The van der Waals surface area contributed by atoms with Crippen molar-refractivity contribution in [2.45, 2.75) is 20.3 Å². The smallest absolute Gasteiger partial charge is 0.0143 e. The minimum Gasteiger partial charge on any atom is -0.0990 e. The molecule has 0 saturated carbocycles. The zero-order valence-electron chi connectivity index (χ0n) is 16.2. The Labute approximate surface area is 163 Å². The van der Waals surface area contributed by atoms with E-state index >= 15 is 0 Å². The molecule has 3 rings (SSSR count). The van der Waals surface area contributed by atoms with E-state index < -0.39 is 0 Å². The Kier molecular flexibility index (Phi) is 5.88. The monoisotopic (exact) mass is 350 g/mol. The Morgan fingerprint density at radius 3 is 2.30 bits per heavy atom. The molecule has 0 amide bonds. The summed E-state index contributed by atoms with van der Waals surface area (Å²) in [6, 6.07) is 24.0. The third-order valence-electron chi connectivity index (χ3n) is 4.98. The van der Waals surface area contributed by atoms with Gasteiger partial charge in [0.25, 0.3) is 0 Å². The fraction of sp³-hybridized carbons (Fsp3) is 0.111. The van der Waals surface area contributed by atoms with Gasteiger partial charge in [-0.25, -0.2) is 0 Å². The molecule has 0 aliphatic heterocycles.